The Bertz CT molecular complexity index is 693. The Morgan fingerprint density at radius 1 is 1.32 bits per heavy atom. The van der Waals surface area contributed by atoms with Crippen LogP contribution in [0.3, 0.4) is 0 Å². The molecule has 2 N–H and O–H groups in total. The minimum Gasteiger partial charge on any atom is -0.480 e. The van der Waals surface area contributed by atoms with Crippen molar-refractivity contribution in [3.05, 3.63) is 41.8 Å². The molecule has 0 saturated carbocycles. The molecule has 22 heavy (non-hydrogen) atoms. The van der Waals surface area contributed by atoms with E-state index in [1.54, 1.807) is 13.8 Å². The smallest absolute Gasteiger partial charge is 0.329 e. The summed E-state index contributed by atoms with van der Waals surface area (Å²) in [6.45, 7) is 4.78. The van der Waals surface area contributed by atoms with E-state index in [1.165, 1.54) is 6.92 Å². The zero-order valence-corrected chi connectivity index (χ0v) is 12.7. The second-order valence-electron chi connectivity index (χ2n) is 5.23. The average molecular weight is 302 g/mol. The molecule has 6 heteroatoms. The maximum Gasteiger partial charge on any atom is 0.329 e. The van der Waals surface area contributed by atoms with E-state index in [0.29, 0.717) is 11.7 Å². The fraction of sp³-hybridized carbons (Fsp3) is 0.312. The fourth-order valence-electron chi connectivity index (χ4n) is 1.91. The molecule has 1 aromatic heterocycles. The summed E-state index contributed by atoms with van der Waals surface area (Å²) in [5, 5.41) is 11.7. The lowest BCUT2D eigenvalue weighted by atomic mass is 9.99. The molecule has 2 rings (SSSR count). The highest BCUT2D eigenvalue weighted by atomic mass is 16.4. The largest absolute Gasteiger partial charge is 0.480 e. The van der Waals surface area contributed by atoms with Crippen LogP contribution in [-0.4, -0.2) is 27.5 Å². The van der Waals surface area contributed by atoms with Gasteiger partial charge >= 0.3 is 5.97 Å². The van der Waals surface area contributed by atoms with Gasteiger partial charge in [-0.05, 0) is 32.4 Å². The number of benzene rings is 1. The van der Waals surface area contributed by atoms with E-state index in [-0.39, 0.29) is 12.1 Å². The van der Waals surface area contributed by atoms with Crippen LogP contribution < -0.4 is 5.32 Å². The molecule has 0 radical (unpaired) electrons. The summed E-state index contributed by atoms with van der Waals surface area (Å²) in [5.41, 5.74) is -0.490. The number of amides is 1. The number of aromatic nitrogens is 1. The maximum atomic E-state index is 12.3. The molecule has 1 amide bonds. The summed E-state index contributed by atoms with van der Waals surface area (Å²) in [4.78, 5) is 27.8. The van der Waals surface area contributed by atoms with Gasteiger partial charge in [-0.2, -0.15) is 0 Å². The molecule has 116 valence electrons. The molecular weight excluding hydrogens is 284 g/mol. The summed E-state index contributed by atoms with van der Waals surface area (Å²) in [5.74, 6) is -0.972. The van der Waals surface area contributed by atoms with E-state index in [4.69, 9.17) is 4.42 Å². The Kier molecular flexibility index (Phi) is 4.30. The van der Waals surface area contributed by atoms with Crippen molar-refractivity contribution in [2.75, 3.05) is 0 Å². The van der Waals surface area contributed by atoms with Gasteiger partial charge in [-0.15, -0.1) is 0 Å². The van der Waals surface area contributed by atoms with Gasteiger partial charge in [-0.1, -0.05) is 25.1 Å². The second kappa shape index (κ2) is 6.01. The first kappa shape index (κ1) is 15.8. The molecule has 6 nitrogen and oxygen atoms in total. The Balaban J connectivity index is 2.28. The molecule has 1 atom stereocenters. The molecule has 0 bridgehead atoms. The molecule has 1 aromatic carbocycles. The quantitative estimate of drug-likeness (QED) is 0.885. The van der Waals surface area contributed by atoms with Crippen molar-refractivity contribution in [2.45, 2.75) is 32.7 Å². The van der Waals surface area contributed by atoms with Crippen LogP contribution >= 0.6 is 0 Å². The third-order valence-electron chi connectivity index (χ3n) is 3.60. The maximum absolute atomic E-state index is 12.3. The van der Waals surface area contributed by atoms with Crippen LogP contribution in [0.25, 0.3) is 11.5 Å². The molecule has 2 aromatic rings. The van der Waals surface area contributed by atoms with Crippen molar-refractivity contribution >= 4 is 11.9 Å². The lowest BCUT2D eigenvalue weighted by Gasteiger charge is -2.23. The van der Waals surface area contributed by atoms with Gasteiger partial charge in [-0.25, -0.2) is 9.78 Å². The number of rotatable bonds is 5. The minimum absolute atomic E-state index is 0.0970. The Morgan fingerprint density at radius 2 is 1.95 bits per heavy atom. The second-order valence-corrected chi connectivity index (χ2v) is 5.23. The van der Waals surface area contributed by atoms with Gasteiger partial charge in [0, 0.05) is 5.56 Å². The van der Waals surface area contributed by atoms with Crippen molar-refractivity contribution in [3.63, 3.8) is 0 Å². The number of nitrogens with zero attached hydrogens (tertiary/aromatic N) is 1. The zero-order valence-electron chi connectivity index (χ0n) is 12.7. The highest BCUT2D eigenvalue weighted by Crippen LogP contribution is 2.22. The number of carboxylic acids is 1. The molecule has 0 fully saturated rings. The number of oxazole rings is 1. The summed E-state index contributed by atoms with van der Waals surface area (Å²) >= 11 is 0. The number of nitrogens with one attached hydrogen (secondary N) is 1. The number of carbonyl (C=O) groups excluding carboxylic acids is 1. The van der Waals surface area contributed by atoms with Crippen LogP contribution in [0.4, 0.5) is 0 Å². The third kappa shape index (κ3) is 3.00. The summed E-state index contributed by atoms with van der Waals surface area (Å²) in [6.07, 6.45) is 0.260. The van der Waals surface area contributed by atoms with Gasteiger partial charge in [0.05, 0.1) is 0 Å². The number of hydrogen-bond donors (Lipinski definition) is 2. The number of aliphatic carboxylic acids is 1. The summed E-state index contributed by atoms with van der Waals surface area (Å²) in [6, 6.07) is 9.19. The normalized spacial score (nSPS) is 13.4. The first-order valence-electron chi connectivity index (χ1n) is 6.96. The van der Waals surface area contributed by atoms with E-state index in [0.717, 1.165) is 5.56 Å². The minimum atomic E-state index is -1.34. The lowest BCUT2D eigenvalue weighted by molar-refractivity contribution is -0.143. The van der Waals surface area contributed by atoms with Crippen molar-refractivity contribution in [1.82, 2.24) is 10.3 Å². The van der Waals surface area contributed by atoms with E-state index in [1.807, 2.05) is 30.3 Å². The predicted molar refractivity (Wildman–Crippen MR) is 80.5 cm³/mol. The van der Waals surface area contributed by atoms with Crippen LogP contribution in [-0.2, 0) is 4.79 Å². The van der Waals surface area contributed by atoms with Crippen LogP contribution in [0, 0.1) is 6.92 Å². The van der Waals surface area contributed by atoms with E-state index < -0.39 is 17.4 Å². The first-order valence-corrected chi connectivity index (χ1v) is 6.96. The fourth-order valence-corrected chi connectivity index (χ4v) is 1.91. The molecule has 0 unspecified atom stereocenters. The number of hydrogen-bond acceptors (Lipinski definition) is 4. The molecule has 0 aliphatic heterocycles. The molecule has 0 aliphatic rings. The highest BCUT2D eigenvalue weighted by molar-refractivity contribution is 5.97. The van der Waals surface area contributed by atoms with Gasteiger partial charge in [0.25, 0.3) is 5.91 Å². The van der Waals surface area contributed by atoms with Gasteiger partial charge in [0.1, 0.15) is 11.3 Å². The van der Waals surface area contributed by atoms with Crippen molar-refractivity contribution in [2.24, 2.45) is 0 Å². The third-order valence-corrected chi connectivity index (χ3v) is 3.60. The Labute approximate surface area is 128 Å². The molecule has 0 aliphatic carbocycles. The van der Waals surface area contributed by atoms with Crippen molar-refractivity contribution in [1.29, 1.82) is 0 Å². The first-order chi connectivity index (χ1) is 10.4. The number of aryl methyl sites for hydroxylation is 1. The van der Waals surface area contributed by atoms with E-state index in [2.05, 4.69) is 10.3 Å². The van der Waals surface area contributed by atoms with E-state index in [9.17, 15) is 14.7 Å². The summed E-state index contributed by atoms with van der Waals surface area (Å²) < 4.78 is 5.51. The van der Waals surface area contributed by atoms with Gasteiger partial charge in [0.2, 0.25) is 5.89 Å². The zero-order chi connectivity index (χ0) is 16.3. The van der Waals surface area contributed by atoms with E-state index >= 15 is 0 Å². The topological polar surface area (TPSA) is 92.4 Å². The van der Waals surface area contributed by atoms with Crippen LogP contribution in [0.15, 0.2) is 34.7 Å². The van der Waals surface area contributed by atoms with Crippen molar-refractivity contribution in [3.8, 4) is 11.5 Å². The average Bonchev–Trinajstić information content (AvgIpc) is 2.90. The molecular formula is C16H18N2O4. The Hall–Kier alpha value is -2.63. The lowest BCUT2D eigenvalue weighted by Crippen LogP contribution is -2.51. The Morgan fingerprint density at radius 3 is 2.50 bits per heavy atom. The highest BCUT2D eigenvalue weighted by Gasteiger charge is 2.34. The van der Waals surface area contributed by atoms with Crippen molar-refractivity contribution < 1.29 is 19.1 Å². The molecule has 0 saturated heterocycles. The van der Waals surface area contributed by atoms with Crippen LogP contribution in [0.1, 0.15) is 36.5 Å². The monoisotopic (exact) mass is 302 g/mol. The predicted octanol–water partition coefficient (Wildman–Crippen LogP) is 2.63. The van der Waals surface area contributed by atoms with Crippen LogP contribution in [0.2, 0.25) is 0 Å². The van der Waals surface area contributed by atoms with Gasteiger partial charge < -0.3 is 14.8 Å². The SMILES string of the molecule is CC[C@](C)(NC(=O)c1nc(-c2ccccc2)oc1C)C(=O)O. The van der Waals surface area contributed by atoms with Crippen LogP contribution in [0.5, 0.6) is 0 Å². The molecule has 1 heterocycles. The number of carboxylic acid groups (broad SMARTS) is 1. The van der Waals surface area contributed by atoms with Gasteiger partial charge in [0.15, 0.2) is 5.69 Å². The van der Waals surface area contributed by atoms with Gasteiger partial charge in [-0.3, -0.25) is 4.79 Å². The standard InChI is InChI=1S/C16H18N2O4/c1-4-16(3,15(20)21)18-13(19)12-10(2)22-14(17-12)11-8-6-5-7-9-11/h5-9H,4H2,1-3H3,(H,18,19)(H,20,21)/t16-/m0/s1. The molecule has 0 spiro atoms. The number of carbonyl (C=O) groups is 2. The summed E-state index contributed by atoms with van der Waals surface area (Å²) in [7, 11) is 0.